The van der Waals surface area contributed by atoms with Crippen LogP contribution in [0.3, 0.4) is 0 Å². The lowest BCUT2D eigenvalue weighted by atomic mass is 10.1. The second-order valence-corrected chi connectivity index (χ2v) is 8.57. The van der Waals surface area contributed by atoms with Gasteiger partial charge in [0.1, 0.15) is 5.82 Å². The first-order chi connectivity index (χ1) is 13.1. The molecule has 1 heterocycles. The molecule has 2 aromatic rings. The standard InChI is InChI=1S/C19H20F4N2O2S/c1-14(15-6-8-16(20)9-7-15)24-10-12-25(13-11-24)28(26,27)18-5-3-2-4-17(18)19(21,22)23/h2-9,14H,10-13H2,1H3/t14-/m0/s1. The number of benzene rings is 2. The van der Waals surface area contributed by atoms with Crippen LogP contribution in [0.25, 0.3) is 0 Å². The topological polar surface area (TPSA) is 40.6 Å². The number of rotatable bonds is 4. The van der Waals surface area contributed by atoms with Gasteiger partial charge in [0.25, 0.3) is 0 Å². The minimum Gasteiger partial charge on any atom is -0.294 e. The van der Waals surface area contributed by atoms with Crippen LogP contribution in [0.15, 0.2) is 53.4 Å². The highest BCUT2D eigenvalue weighted by Gasteiger charge is 2.39. The zero-order valence-corrected chi connectivity index (χ0v) is 16.0. The molecule has 0 radical (unpaired) electrons. The van der Waals surface area contributed by atoms with Crippen LogP contribution in [0.5, 0.6) is 0 Å². The summed E-state index contributed by atoms with van der Waals surface area (Å²) in [4.78, 5) is 1.30. The van der Waals surface area contributed by atoms with E-state index >= 15 is 0 Å². The number of sulfonamides is 1. The van der Waals surface area contributed by atoms with Gasteiger partial charge in [-0.1, -0.05) is 24.3 Å². The Morgan fingerprint density at radius 2 is 1.50 bits per heavy atom. The zero-order valence-electron chi connectivity index (χ0n) is 15.2. The molecule has 0 N–H and O–H groups in total. The van der Waals surface area contributed by atoms with Crippen molar-refractivity contribution in [3.63, 3.8) is 0 Å². The van der Waals surface area contributed by atoms with Crippen molar-refractivity contribution < 1.29 is 26.0 Å². The molecule has 0 bridgehead atoms. The SMILES string of the molecule is C[C@@H](c1ccc(F)cc1)N1CCN(S(=O)(=O)c2ccccc2C(F)(F)F)CC1. The molecule has 1 atom stereocenters. The Morgan fingerprint density at radius 3 is 2.07 bits per heavy atom. The summed E-state index contributed by atoms with van der Waals surface area (Å²) in [6, 6.07) is 10.2. The second-order valence-electron chi connectivity index (χ2n) is 6.66. The minimum atomic E-state index is -4.75. The molecule has 0 amide bonds. The van der Waals surface area contributed by atoms with Gasteiger partial charge in [0.15, 0.2) is 0 Å². The van der Waals surface area contributed by atoms with Crippen LogP contribution < -0.4 is 0 Å². The van der Waals surface area contributed by atoms with Crippen LogP contribution in [0.1, 0.15) is 24.1 Å². The smallest absolute Gasteiger partial charge is 0.294 e. The van der Waals surface area contributed by atoms with E-state index in [0.717, 1.165) is 22.0 Å². The van der Waals surface area contributed by atoms with Crippen molar-refractivity contribution in [2.24, 2.45) is 0 Å². The maximum absolute atomic E-state index is 13.2. The average Bonchev–Trinajstić information content (AvgIpc) is 2.67. The van der Waals surface area contributed by atoms with Crippen LogP contribution >= 0.6 is 0 Å². The van der Waals surface area contributed by atoms with Crippen molar-refractivity contribution in [1.82, 2.24) is 9.21 Å². The fourth-order valence-electron chi connectivity index (χ4n) is 3.35. The summed E-state index contributed by atoms with van der Waals surface area (Å²) in [5, 5.41) is 0. The average molecular weight is 416 g/mol. The molecular weight excluding hydrogens is 396 g/mol. The number of halogens is 4. The van der Waals surface area contributed by atoms with Crippen molar-refractivity contribution >= 4 is 10.0 Å². The van der Waals surface area contributed by atoms with Gasteiger partial charge in [-0.2, -0.15) is 17.5 Å². The van der Waals surface area contributed by atoms with Gasteiger partial charge in [-0.3, -0.25) is 4.90 Å². The van der Waals surface area contributed by atoms with Gasteiger partial charge in [0.05, 0.1) is 10.5 Å². The number of nitrogens with zero attached hydrogens (tertiary/aromatic N) is 2. The van der Waals surface area contributed by atoms with Gasteiger partial charge in [0.2, 0.25) is 10.0 Å². The van der Waals surface area contributed by atoms with Crippen LogP contribution in [-0.4, -0.2) is 43.8 Å². The molecule has 1 aliphatic rings. The van der Waals surface area contributed by atoms with Crippen LogP contribution in [-0.2, 0) is 16.2 Å². The first-order valence-electron chi connectivity index (χ1n) is 8.76. The lowest BCUT2D eigenvalue weighted by Gasteiger charge is -2.37. The molecule has 1 aliphatic heterocycles. The van der Waals surface area contributed by atoms with Crippen molar-refractivity contribution in [1.29, 1.82) is 0 Å². The number of alkyl halides is 3. The summed E-state index contributed by atoms with van der Waals surface area (Å²) >= 11 is 0. The molecular formula is C19H20F4N2O2S. The van der Waals surface area contributed by atoms with E-state index in [4.69, 9.17) is 0 Å². The maximum Gasteiger partial charge on any atom is 0.417 e. The van der Waals surface area contributed by atoms with E-state index in [1.54, 1.807) is 12.1 Å². The Morgan fingerprint density at radius 1 is 0.929 bits per heavy atom. The third kappa shape index (κ3) is 4.21. The van der Waals surface area contributed by atoms with Gasteiger partial charge in [-0.25, -0.2) is 12.8 Å². The van der Waals surface area contributed by atoms with E-state index in [9.17, 15) is 26.0 Å². The molecule has 0 aliphatic carbocycles. The summed E-state index contributed by atoms with van der Waals surface area (Å²) < 4.78 is 79.4. The van der Waals surface area contributed by atoms with E-state index in [0.29, 0.717) is 13.1 Å². The van der Waals surface area contributed by atoms with Crippen molar-refractivity contribution in [2.75, 3.05) is 26.2 Å². The fraction of sp³-hybridized carbons (Fsp3) is 0.368. The van der Waals surface area contributed by atoms with E-state index in [1.807, 2.05) is 11.8 Å². The molecule has 1 fully saturated rings. The number of hydrogen-bond acceptors (Lipinski definition) is 3. The Bertz CT molecular complexity index is 922. The fourth-order valence-corrected chi connectivity index (χ4v) is 4.98. The monoisotopic (exact) mass is 416 g/mol. The first kappa shape index (κ1) is 20.8. The highest BCUT2D eigenvalue weighted by Crippen LogP contribution is 2.35. The summed E-state index contributed by atoms with van der Waals surface area (Å²) in [7, 11) is -4.26. The molecule has 0 aromatic heterocycles. The zero-order chi connectivity index (χ0) is 20.5. The van der Waals surface area contributed by atoms with Crippen LogP contribution in [0.2, 0.25) is 0 Å². The van der Waals surface area contributed by atoms with Gasteiger partial charge >= 0.3 is 6.18 Å². The largest absolute Gasteiger partial charge is 0.417 e. The molecule has 152 valence electrons. The lowest BCUT2D eigenvalue weighted by molar-refractivity contribution is -0.139. The van der Waals surface area contributed by atoms with E-state index < -0.39 is 26.7 Å². The van der Waals surface area contributed by atoms with Crippen molar-refractivity contribution in [3.05, 3.63) is 65.5 Å². The number of hydrogen-bond donors (Lipinski definition) is 0. The molecule has 0 unspecified atom stereocenters. The highest BCUT2D eigenvalue weighted by atomic mass is 32.2. The normalized spacial score (nSPS) is 18.2. The molecule has 3 rings (SSSR count). The van der Waals surface area contributed by atoms with Crippen molar-refractivity contribution in [3.8, 4) is 0 Å². The van der Waals surface area contributed by atoms with Gasteiger partial charge < -0.3 is 0 Å². The van der Waals surface area contributed by atoms with E-state index in [2.05, 4.69) is 0 Å². The molecule has 4 nitrogen and oxygen atoms in total. The first-order valence-corrected chi connectivity index (χ1v) is 10.2. The molecule has 28 heavy (non-hydrogen) atoms. The summed E-state index contributed by atoms with van der Waals surface area (Å²) in [5.41, 5.74) is -0.266. The Balaban J connectivity index is 1.75. The minimum absolute atomic E-state index is 0.0621. The molecule has 9 heteroatoms. The third-order valence-electron chi connectivity index (χ3n) is 4.98. The second kappa shape index (κ2) is 7.81. The van der Waals surface area contributed by atoms with Crippen molar-refractivity contribution in [2.45, 2.75) is 24.0 Å². The Labute approximate surface area is 161 Å². The lowest BCUT2D eigenvalue weighted by Crippen LogP contribution is -2.49. The van der Waals surface area contributed by atoms with Gasteiger partial charge in [-0.05, 0) is 36.8 Å². The van der Waals surface area contributed by atoms with E-state index in [1.165, 1.54) is 24.3 Å². The highest BCUT2D eigenvalue weighted by molar-refractivity contribution is 7.89. The molecule has 0 spiro atoms. The van der Waals surface area contributed by atoms with Crippen LogP contribution in [0, 0.1) is 5.82 Å². The predicted octanol–water partition coefficient (Wildman–Crippen LogP) is 3.91. The van der Waals surface area contributed by atoms with Crippen LogP contribution in [0.4, 0.5) is 17.6 Å². The summed E-state index contributed by atoms with van der Waals surface area (Å²) in [5.74, 6) is -0.338. The Kier molecular flexibility index (Phi) is 5.79. The quantitative estimate of drug-likeness (QED) is 0.710. The van der Waals surface area contributed by atoms with E-state index in [-0.39, 0.29) is 24.9 Å². The van der Waals surface area contributed by atoms with Gasteiger partial charge in [0, 0.05) is 32.2 Å². The maximum atomic E-state index is 13.2. The third-order valence-corrected chi connectivity index (χ3v) is 6.94. The van der Waals surface area contributed by atoms with Gasteiger partial charge in [-0.15, -0.1) is 0 Å². The molecule has 2 aromatic carbocycles. The summed E-state index contributed by atoms with van der Waals surface area (Å²) in [6.07, 6.45) is -4.75. The summed E-state index contributed by atoms with van der Waals surface area (Å²) in [6.45, 7) is 2.83. The molecule has 0 saturated carbocycles. The number of piperazine rings is 1. The molecule has 1 saturated heterocycles. The predicted molar refractivity (Wildman–Crippen MR) is 96.6 cm³/mol. The Hall–Kier alpha value is -1.97.